The van der Waals surface area contributed by atoms with E-state index in [0.717, 1.165) is 17.1 Å². The number of benzene rings is 2. The van der Waals surface area contributed by atoms with Crippen molar-refractivity contribution in [2.75, 3.05) is 6.54 Å². The van der Waals surface area contributed by atoms with Crippen LogP contribution in [0.1, 0.15) is 17.5 Å². The molecule has 2 aromatic rings. The maximum Gasteiger partial charge on any atom is 0.225 e. The molecule has 22 heavy (non-hydrogen) atoms. The number of amides is 1. The van der Waals surface area contributed by atoms with E-state index in [2.05, 4.69) is 0 Å². The van der Waals surface area contributed by atoms with Crippen molar-refractivity contribution in [2.45, 2.75) is 26.0 Å². The highest BCUT2D eigenvalue weighted by Crippen LogP contribution is 2.23. The van der Waals surface area contributed by atoms with Gasteiger partial charge in [0.05, 0.1) is 12.5 Å². The number of aliphatic hydroxyl groups is 1. The molecule has 4 heteroatoms. The third-order valence-electron chi connectivity index (χ3n) is 3.75. The number of nitrogens with zero attached hydrogens (tertiary/aromatic N) is 1. The Morgan fingerprint density at radius 1 is 1.09 bits per heavy atom. The number of hydrogen-bond donors (Lipinski definition) is 1. The van der Waals surface area contributed by atoms with Gasteiger partial charge in [0.1, 0.15) is 11.5 Å². The monoisotopic (exact) mass is 297 g/mol. The van der Waals surface area contributed by atoms with Gasteiger partial charge < -0.3 is 14.7 Å². The van der Waals surface area contributed by atoms with Crippen LogP contribution in [-0.4, -0.2) is 28.6 Å². The van der Waals surface area contributed by atoms with E-state index in [1.165, 1.54) is 5.56 Å². The number of likely N-dealkylation sites (tertiary alicyclic amines) is 1. The molecule has 1 atom stereocenters. The Morgan fingerprint density at radius 3 is 2.23 bits per heavy atom. The summed E-state index contributed by atoms with van der Waals surface area (Å²) >= 11 is 0. The van der Waals surface area contributed by atoms with Gasteiger partial charge in [0.2, 0.25) is 5.91 Å². The number of β-amino-alcohol motifs (C(OH)–C–C–N with tert-alkyl or cyclic N) is 1. The zero-order chi connectivity index (χ0) is 15.5. The molecule has 0 bridgehead atoms. The summed E-state index contributed by atoms with van der Waals surface area (Å²) in [7, 11) is 0. The number of ether oxygens (including phenoxy) is 1. The second-order valence-electron chi connectivity index (χ2n) is 5.69. The van der Waals surface area contributed by atoms with E-state index in [-0.39, 0.29) is 12.3 Å². The number of carbonyl (C=O) groups is 1. The van der Waals surface area contributed by atoms with E-state index in [4.69, 9.17) is 4.74 Å². The Labute approximate surface area is 130 Å². The third kappa shape index (κ3) is 3.46. The van der Waals surface area contributed by atoms with Gasteiger partial charge in [-0.1, -0.05) is 29.8 Å². The van der Waals surface area contributed by atoms with E-state index in [9.17, 15) is 9.90 Å². The van der Waals surface area contributed by atoms with Crippen LogP contribution in [0.5, 0.6) is 11.5 Å². The van der Waals surface area contributed by atoms with Crippen molar-refractivity contribution >= 4 is 5.91 Å². The van der Waals surface area contributed by atoms with E-state index >= 15 is 0 Å². The summed E-state index contributed by atoms with van der Waals surface area (Å²) in [6.07, 6.45) is -0.300. The minimum absolute atomic E-state index is 0.00693. The van der Waals surface area contributed by atoms with E-state index < -0.39 is 6.10 Å². The summed E-state index contributed by atoms with van der Waals surface area (Å²) in [4.78, 5) is 13.3. The maximum absolute atomic E-state index is 11.7. The molecule has 1 amide bonds. The van der Waals surface area contributed by atoms with Crippen molar-refractivity contribution in [1.29, 1.82) is 0 Å². The van der Waals surface area contributed by atoms with Crippen molar-refractivity contribution in [3.05, 3.63) is 59.7 Å². The highest BCUT2D eigenvalue weighted by molar-refractivity contribution is 5.79. The molecule has 114 valence electrons. The first kappa shape index (κ1) is 14.6. The fourth-order valence-corrected chi connectivity index (χ4v) is 2.53. The number of rotatable bonds is 4. The Bertz CT molecular complexity index is 649. The van der Waals surface area contributed by atoms with Crippen LogP contribution in [0.2, 0.25) is 0 Å². The molecule has 0 spiro atoms. The zero-order valence-corrected chi connectivity index (χ0v) is 12.5. The molecular formula is C18H19NO3. The average molecular weight is 297 g/mol. The van der Waals surface area contributed by atoms with Gasteiger partial charge >= 0.3 is 0 Å². The molecule has 0 aromatic heterocycles. The van der Waals surface area contributed by atoms with Gasteiger partial charge in [-0.15, -0.1) is 0 Å². The van der Waals surface area contributed by atoms with Gasteiger partial charge in [0.25, 0.3) is 0 Å². The van der Waals surface area contributed by atoms with Crippen LogP contribution in [0, 0.1) is 6.92 Å². The molecule has 1 aliphatic heterocycles. The molecule has 1 saturated heterocycles. The molecule has 0 radical (unpaired) electrons. The molecule has 1 aliphatic rings. The van der Waals surface area contributed by atoms with Gasteiger partial charge in [-0.3, -0.25) is 4.79 Å². The van der Waals surface area contributed by atoms with Crippen LogP contribution >= 0.6 is 0 Å². The lowest BCUT2D eigenvalue weighted by atomic mass is 10.2. The van der Waals surface area contributed by atoms with Crippen molar-refractivity contribution in [3.63, 3.8) is 0 Å². The normalized spacial score (nSPS) is 17.8. The highest BCUT2D eigenvalue weighted by Gasteiger charge is 2.27. The number of aliphatic hydroxyl groups excluding tert-OH is 1. The first-order valence-electron chi connectivity index (χ1n) is 7.39. The second kappa shape index (κ2) is 6.20. The topological polar surface area (TPSA) is 49.8 Å². The Balaban J connectivity index is 1.63. The standard InChI is InChI=1S/C18H19NO3/c1-13-2-6-16(7-3-13)22-17-8-4-14(5-9-17)11-19-12-15(20)10-18(19)21/h2-9,15,20H,10-12H2,1H3/t15-/m0/s1. The molecule has 0 unspecified atom stereocenters. The molecule has 0 saturated carbocycles. The van der Waals surface area contributed by atoms with Gasteiger partial charge in [0, 0.05) is 13.1 Å². The van der Waals surface area contributed by atoms with Crippen LogP contribution in [0.4, 0.5) is 0 Å². The Hall–Kier alpha value is -2.33. The predicted octanol–water partition coefficient (Wildman–Crippen LogP) is 2.88. The molecule has 3 rings (SSSR count). The van der Waals surface area contributed by atoms with Crippen molar-refractivity contribution < 1.29 is 14.6 Å². The maximum atomic E-state index is 11.7. The second-order valence-corrected chi connectivity index (χ2v) is 5.69. The van der Waals surface area contributed by atoms with Crippen LogP contribution in [0.25, 0.3) is 0 Å². The highest BCUT2D eigenvalue weighted by atomic mass is 16.5. The lowest BCUT2D eigenvalue weighted by molar-refractivity contribution is -0.128. The van der Waals surface area contributed by atoms with Crippen molar-refractivity contribution in [2.24, 2.45) is 0 Å². The van der Waals surface area contributed by atoms with E-state index in [0.29, 0.717) is 13.1 Å². The summed E-state index contributed by atoms with van der Waals surface area (Å²) in [5, 5.41) is 9.49. The number of carbonyl (C=O) groups excluding carboxylic acids is 1. The first-order valence-corrected chi connectivity index (χ1v) is 7.39. The predicted molar refractivity (Wildman–Crippen MR) is 83.7 cm³/mol. The molecule has 4 nitrogen and oxygen atoms in total. The largest absolute Gasteiger partial charge is 0.457 e. The molecule has 1 fully saturated rings. The van der Waals surface area contributed by atoms with Gasteiger partial charge in [0.15, 0.2) is 0 Å². The lowest BCUT2D eigenvalue weighted by Gasteiger charge is -2.16. The van der Waals surface area contributed by atoms with Crippen LogP contribution in [0.3, 0.4) is 0 Å². The minimum Gasteiger partial charge on any atom is -0.457 e. The summed E-state index contributed by atoms with van der Waals surface area (Å²) in [5.74, 6) is 1.57. The fourth-order valence-electron chi connectivity index (χ4n) is 2.53. The first-order chi connectivity index (χ1) is 10.6. The molecule has 1 heterocycles. The average Bonchev–Trinajstić information content (AvgIpc) is 2.81. The molecular weight excluding hydrogens is 278 g/mol. The Morgan fingerprint density at radius 2 is 1.68 bits per heavy atom. The zero-order valence-electron chi connectivity index (χ0n) is 12.5. The summed E-state index contributed by atoms with van der Waals surface area (Å²) in [5.41, 5.74) is 2.22. The van der Waals surface area contributed by atoms with Gasteiger partial charge in [-0.05, 0) is 36.8 Å². The summed E-state index contributed by atoms with van der Waals surface area (Å²) in [6, 6.07) is 15.6. The smallest absolute Gasteiger partial charge is 0.225 e. The SMILES string of the molecule is Cc1ccc(Oc2ccc(CN3C[C@@H](O)CC3=O)cc2)cc1. The van der Waals surface area contributed by atoms with Crippen LogP contribution in [-0.2, 0) is 11.3 Å². The lowest BCUT2D eigenvalue weighted by Crippen LogP contribution is -2.25. The third-order valence-corrected chi connectivity index (χ3v) is 3.75. The Kier molecular flexibility index (Phi) is 4.11. The minimum atomic E-state index is -0.531. The number of aryl methyl sites for hydroxylation is 1. The summed E-state index contributed by atoms with van der Waals surface area (Å²) in [6.45, 7) is 2.98. The van der Waals surface area contributed by atoms with Gasteiger partial charge in [-0.25, -0.2) is 0 Å². The molecule has 0 aliphatic carbocycles. The van der Waals surface area contributed by atoms with Crippen LogP contribution in [0.15, 0.2) is 48.5 Å². The van der Waals surface area contributed by atoms with Crippen LogP contribution < -0.4 is 4.74 Å². The van der Waals surface area contributed by atoms with Crippen molar-refractivity contribution in [1.82, 2.24) is 4.90 Å². The van der Waals surface area contributed by atoms with E-state index in [1.54, 1.807) is 4.90 Å². The summed E-state index contributed by atoms with van der Waals surface area (Å²) < 4.78 is 5.78. The van der Waals surface area contributed by atoms with E-state index in [1.807, 2.05) is 55.5 Å². The number of hydrogen-bond acceptors (Lipinski definition) is 3. The fraction of sp³-hybridized carbons (Fsp3) is 0.278. The van der Waals surface area contributed by atoms with Gasteiger partial charge in [-0.2, -0.15) is 0 Å². The van der Waals surface area contributed by atoms with Crippen molar-refractivity contribution in [3.8, 4) is 11.5 Å². The molecule has 2 aromatic carbocycles. The quantitative estimate of drug-likeness (QED) is 0.944. The molecule has 1 N–H and O–H groups in total.